The zero-order valence-electron chi connectivity index (χ0n) is 28.7. The maximum Gasteiger partial charge on any atom is 0.0273 e. The number of aryl methyl sites for hydroxylation is 1. The molecule has 5 aromatic carbocycles. The largest absolute Gasteiger partial charge is 0.330 e. The Bertz CT molecular complexity index is 2110. The van der Waals surface area contributed by atoms with Crippen LogP contribution in [0.1, 0.15) is 60.4 Å². The quantitative estimate of drug-likeness (QED) is 0.198. The molecule has 1 unspecified atom stereocenters. The first-order chi connectivity index (χ1) is 23.9. The molecule has 0 saturated carbocycles. The fourth-order valence-corrected chi connectivity index (χ4v) is 7.57. The number of nitrogens with two attached hydrogens (primary N) is 1. The molecule has 2 N–H and O–H groups in total. The first-order valence-electron chi connectivity index (χ1n) is 17.4. The van der Waals surface area contributed by atoms with Crippen LogP contribution in [0.5, 0.6) is 0 Å². The van der Waals surface area contributed by atoms with Gasteiger partial charge in [0.25, 0.3) is 0 Å². The van der Waals surface area contributed by atoms with Gasteiger partial charge in [-0.1, -0.05) is 141 Å². The summed E-state index contributed by atoms with van der Waals surface area (Å²) >= 11 is 0. The number of hydrogen-bond acceptors (Lipinski definition) is 2. The Hall–Kier alpha value is -5.31. The molecular weight excluding hydrogens is 593 g/mol. The van der Waals surface area contributed by atoms with E-state index in [1.807, 2.05) is 24.5 Å². The normalized spacial score (nSPS) is 14.8. The van der Waals surface area contributed by atoms with Crippen molar-refractivity contribution in [1.82, 2.24) is 4.98 Å². The molecule has 0 radical (unpaired) electrons. The lowest BCUT2D eigenvalue weighted by atomic mass is 9.78. The molecule has 1 atom stereocenters. The van der Waals surface area contributed by atoms with Gasteiger partial charge in [0.15, 0.2) is 0 Å². The third-order valence-corrected chi connectivity index (χ3v) is 10.2. The summed E-state index contributed by atoms with van der Waals surface area (Å²) in [7, 11) is 0. The predicted octanol–water partition coefficient (Wildman–Crippen LogP) is 11.6. The van der Waals surface area contributed by atoms with Crippen LogP contribution in [-0.2, 0) is 5.41 Å². The van der Waals surface area contributed by atoms with Crippen molar-refractivity contribution in [2.45, 2.75) is 44.9 Å². The van der Waals surface area contributed by atoms with Gasteiger partial charge in [-0.05, 0) is 111 Å². The van der Waals surface area contributed by atoms with Gasteiger partial charge in [0, 0.05) is 30.3 Å². The van der Waals surface area contributed by atoms with Crippen molar-refractivity contribution in [2.24, 2.45) is 5.73 Å². The van der Waals surface area contributed by atoms with Crippen LogP contribution in [0.3, 0.4) is 0 Å². The lowest BCUT2D eigenvalue weighted by Crippen LogP contribution is -2.17. The molecule has 0 amide bonds. The highest BCUT2D eigenvalue weighted by Gasteiger charge is 2.37. The van der Waals surface area contributed by atoms with E-state index < -0.39 is 0 Å². The zero-order chi connectivity index (χ0) is 33.8. The third kappa shape index (κ3) is 6.70. The summed E-state index contributed by atoms with van der Waals surface area (Å²) < 4.78 is 0. The molecule has 2 heteroatoms. The Morgan fingerprint density at radius 2 is 1.22 bits per heavy atom. The minimum absolute atomic E-state index is 0.142. The second-order valence-electron chi connectivity index (χ2n) is 13.7. The summed E-state index contributed by atoms with van der Waals surface area (Å²) in [6.07, 6.45) is 10.7. The maximum atomic E-state index is 5.99. The van der Waals surface area contributed by atoms with Gasteiger partial charge in [0.2, 0.25) is 0 Å². The van der Waals surface area contributed by atoms with Crippen LogP contribution in [-0.4, -0.2) is 11.5 Å². The fourth-order valence-electron chi connectivity index (χ4n) is 7.57. The summed E-state index contributed by atoms with van der Waals surface area (Å²) in [6, 6.07) is 47.7. The van der Waals surface area contributed by atoms with Crippen molar-refractivity contribution < 1.29 is 0 Å². The van der Waals surface area contributed by atoms with Crippen LogP contribution < -0.4 is 5.73 Å². The van der Waals surface area contributed by atoms with E-state index in [1.165, 1.54) is 73.2 Å². The minimum atomic E-state index is 0.142. The van der Waals surface area contributed by atoms with E-state index in [2.05, 4.69) is 159 Å². The van der Waals surface area contributed by atoms with E-state index >= 15 is 0 Å². The van der Waals surface area contributed by atoms with Gasteiger partial charge in [0.1, 0.15) is 0 Å². The molecule has 1 heterocycles. The fraction of sp³-hybridized carbons (Fsp3) is 0.170. The van der Waals surface area contributed by atoms with E-state index in [0.29, 0.717) is 6.54 Å². The minimum Gasteiger partial charge on any atom is -0.330 e. The maximum absolute atomic E-state index is 5.99. The van der Waals surface area contributed by atoms with Crippen LogP contribution in [0.15, 0.2) is 164 Å². The number of allylic oxidation sites excluding steroid dienone is 4. The van der Waals surface area contributed by atoms with Gasteiger partial charge in [-0.3, -0.25) is 4.98 Å². The summed E-state index contributed by atoms with van der Waals surface area (Å²) in [5, 5.41) is 0. The SMILES string of the molecule is Cc1cc(-c2ccncc2)cc(-c2ccc3c(c2)C2=C(CCC=C2)C3(C)C)c1.NCC(c1ccccc1)c1ccc(-c2ccccc2)cc1. The van der Waals surface area contributed by atoms with E-state index in [1.54, 1.807) is 5.57 Å². The Morgan fingerprint density at radius 1 is 0.633 bits per heavy atom. The smallest absolute Gasteiger partial charge is 0.0273 e. The number of hydrogen-bond donors (Lipinski definition) is 1. The molecule has 1 aromatic heterocycles. The van der Waals surface area contributed by atoms with Gasteiger partial charge in [-0.15, -0.1) is 0 Å². The van der Waals surface area contributed by atoms with Crippen molar-refractivity contribution in [1.29, 1.82) is 0 Å². The molecule has 2 aliphatic rings. The third-order valence-electron chi connectivity index (χ3n) is 10.2. The van der Waals surface area contributed by atoms with E-state index in [9.17, 15) is 0 Å². The zero-order valence-corrected chi connectivity index (χ0v) is 28.7. The topological polar surface area (TPSA) is 38.9 Å². The van der Waals surface area contributed by atoms with Crippen molar-refractivity contribution in [3.8, 4) is 33.4 Å². The Labute approximate surface area is 291 Å². The van der Waals surface area contributed by atoms with Crippen LogP contribution in [0.4, 0.5) is 0 Å². The van der Waals surface area contributed by atoms with E-state index in [4.69, 9.17) is 5.73 Å². The van der Waals surface area contributed by atoms with Crippen molar-refractivity contribution >= 4 is 5.57 Å². The molecule has 0 spiro atoms. The summed E-state index contributed by atoms with van der Waals surface area (Å²) in [5.74, 6) is 0.260. The molecule has 242 valence electrons. The number of nitrogens with zero attached hydrogens (tertiary/aromatic N) is 1. The van der Waals surface area contributed by atoms with Crippen molar-refractivity contribution in [2.75, 3.05) is 6.54 Å². The molecule has 0 fully saturated rings. The monoisotopic (exact) mass is 636 g/mol. The van der Waals surface area contributed by atoms with Crippen LogP contribution >= 0.6 is 0 Å². The lowest BCUT2D eigenvalue weighted by molar-refractivity contribution is 0.607. The number of aromatic nitrogens is 1. The Morgan fingerprint density at radius 3 is 1.92 bits per heavy atom. The summed E-state index contributed by atoms with van der Waals surface area (Å²) in [4.78, 5) is 4.15. The second kappa shape index (κ2) is 14.0. The molecule has 0 bridgehead atoms. The molecule has 2 nitrogen and oxygen atoms in total. The highest BCUT2D eigenvalue weighted by Crippen LogP contribution is 2.50. The summed E-state index contributed by atoms with van der Waals surface area (Å²) in [6.45, 7) is 7.55. The highest BCUT2D eigenvalue weighted by molar-refractivity contribution is 5.89. The average molecular weight is 637 g/mol. The molecule has 2 aliphatic carbocycles. The van der Waals surface area contributed by atoms with Gasteiger partial charge in [0.05, 0.1) is 0 Å². The van der Waals surface area contributed by atoms with Crippen LogP contribution in [0.25, 0.3) is 39.0 Å². The molecule has 49 heavy (non-hydrogen) atoms. The van der Waals surface area contributed by atoms with E-state index in [0.717, 1.165) is 6.42 Å². The van der Waals surface area contributed by atoms with E-state index in [-0.39, 0.29) is 11.3 Å². The van der Waals surface area contributed by atoms with Crippen LogP contribution in [0.2, 0.25) is 0 Å². The molecule has 6 aromatic rings. The van der Waals surface area contributed by atoms with Gasteiger partial charge >= 0.3 is 0 Å². The second-order valence-corrected chi connectivity index (χ2v) is 13.7. The molecular formula is C47H44N2. The molecule has 8 rings (SSSR count). The molecule has 0 aliphatic heterocycles. The number of fused-ring (bicyclic) bond motifs is 2. The van der Waals surface area contributed by atoms with Crippen molar-refractivity contribution in [3.05, 3.63) is 191 Å². The lowest BCUT2D eigenvalue weighted by Gasteiger charge is -2.25. The van der Waals surface area contributed by atoms with Gasteiger partial charge < -0.3 is 5.73 Å². The first kappa shape index (κ1) is 32.2. The summed E-state index contributed by atoms with van der Waals surface area (Å²) in [5.41, 5.74) is 23.4. The molecule has 0 saturated heterocycles. The standard InChI is InChI=1S/C27H25N.C20H19N/c1-18-14-21(19-10-12-28-13-11-19)16-22(15-18)20-8-9-26-24(17-20)23-6-4-5-7-25(23)27(26,2)3;21-15-20(18-9-5-2-6-10-18)19-13-11-17(12-14-19)16-7-3-1-4-8-16/h4,6,8-17H,5,7H2,1-3H3;1-14,20H,15,21H2. The van der Waals surface area contributed by atoms with Gasteiger partial charge in [-0.25, -0.2) is 0 Å². The first-order valence-corrected chi connectivity index (χ1v) is 17.4. The Kier molecular flexibility index (Phi) is 9.24. The number of benzene rings is 5. The number of pyridine rings is 1. The predicted molar refractivity (Wildman–Crippen MR) is 207 cm³/mol. The Balaban J connectivity index is 0.000000161. The number of rotatable bonds is 6. The van der Waals surface area contributed by atoms with Gasteiger partial charge in [-0.2, -0.15) is 0 Å². The van der Waals surface area contributed by atoms with Crippen LogP contribution in [0, 0.1) is 6.92 Å². The van der Waals surface area contributed by atoms with Crippen molar-refractivity contribution in [3.63, 3.8) is 0 Å². The highest BCUT2D eigenvalue weighted by atomic mass is 14.6. The average Bonchev–Trinajstić information content (AvgIpc) is 3.39.